The predicted molar refractivity (Wildman–Crippen MR) is 115 cm³/mol. The normalized spacial score (nSPS) is 15.6. The molecule has 2 heterocycles. The molecule has 0 aliphatic heterocycles. The number of hydrogen-bond acceptors (Lipinski definition) is 6. The summed E-state index contributed by atoms with van der Waals surface area (Å²) >= 11 is 2.94. The number of aromatic nitrogens is 3. The number of carbonyl (C=O) groups is 1. The molecule has 6 nitrogen and oxygen atoms in total. The van der Waals surface area contributed by atoms with E-state index in [9.17, 15) is 10.1 Å². The maximum Gasteiger partial charge on any atom is 0.231 e. The molecule has 1 N–H and O–H groups in total. The third kappa shape index (κ3) is 4.36. The molecule has 0 bridgehead atoms. The topological polar surface area (TPSA) is 83.6 Å². The zero-order valence-electron chi connectivity index (χ0n) is 15.9. The van der Waals surface area contributed by atoms with Crippen LogP contribution in [0.2, 0.25) is 0 Å². The lowest BCUT2D eigenvalue weighted by atomic mass is 9.83. The number of hydrogen-bond donors (Lipinski definition) is 1. The summed E-state index contributed by atoms with van der Waals surface area (Å²) in [7, 11) is 0. The summed E-state index contributed by atoms with van der Waals surface area (Å²) in [5, 5.41) is 23.9. The number of nitriles is 1. The van der Waals surface area contributed by atoms with Gasteiger partial charge in [-0.3, -0.25) is 9.36 Å². The maximum atomic E-state index is 12.6. The Morgan fingerprint density at radius 2 is 1.97 bits per heavy atom. The molecule has 8 heteroatoms. The van der Waals surface area contributed by atoms with Crippen LogP contribution in [0.25, 0.3) is 16.4 Å². The fraction of sp³-hybridized carbons (Fsp3) is 0.333. The van der Waals surface area contributed by atoms with Crippen molar-refractivity contribution in [2.45, 2.75) is 42.8 Å². The van der Waals surface area contributed by atoms with Gasteiger partial charge in [-0.25, -0.2) is 0 Å². The average Bonchev–Trinajstić information content (AvgIpc) is 3.43. The Bertz CT molecular complexity index is 1000. The molecular weight excluding hydrogens is 402 g/mol. The Kier molecular flexibility index (Phi) is 5.97. The SMILES string of the molecule is N#CC1(NC(=O)CSc2nnc(-c3cccs3)n2-c2ccccc2)CCCCC1. The fourth-order valence-corrected chi connectivity index (χ4v) is 5.04. The third-order valence-electron chi connectivity index (χ3n) is 5.02. The monoisotopic (exact) mass is 423 g/mol. The summed E-state index contributed by atoms with van der Waals surface area (Å²) < 4.78 is 1.98. The molecule has 148 valence electrons. The average molecular weight is 424 g/mol. The van der Waals surface area contributed by atoms with E-state index in [2.05, 4.69) is 21.6 Å². The number of thiophene rings is 1. The molecule has 29 heavy (non-hydrogen) atoms. The summed E-state index contributed by atoms with van der Waals surface area (Å²) in [6, 6.07) is 16.2. The van der Waals surface area contributed by atoms with Gasteiger partial charge in [-0.05, 0) is 36.4 Å². The Morgan fingerprint density at radius 1 is 1.17 bits per heavy atom. The van der Waals surface area contributed by atoms with E-state index in [-0.39, 0.29) is 11.7 Å². The van der Waals surface area contributed by atoms with Crippen LogP contribution < -0.4 is 5.32 Å². The first-order valence-corrected chi connectivity index (χ1v) is 11.5. The van der Waals surface area contributed by atoms with Crippen molar-refractivity contribution in [2.24, 2.45) is 0 Å². The van der Waals surface area contributed by atoms with Crippen molar-refractivity contribution in [3.63, 3.8) is 0 Å². The van der Waals surface area contributed by atoms with Crippen LogP contribution in [-0.4, -0.2) is 32.0 Å². The lowest BCUT2D eigenvalue weighted by molar-refractivity contribution is -0.120. The Balaban J connectivity index is 1.53. The number of benzene rings is 1. The van der Waals surface area contributed by atoms with Gasteiger partial charge in [0.15, 0.2) is 11.0 Å². The van der Waals surface area contributed by atoms with Gasteiger partial charge in [-0.1, -0.05) is 55.3 Å². The highest BCUT2D eigenvalue weighted by Crippen LogP contribution is 2.31. The van der Waals surface area contributed by atoms with Crippen LogP contribution >= 0.6 is 23.1 Å². The second-order valence-electron chi connectivity index (χ2n) is 7.05. The second-order valence-corrected chi connectivity index (χ2v) is 8.94. The van der Waals surface area contributed by atoms with E-state index in [4.69, 9.17) is 0 Å². The summed E-state index contributed by atoms with van der Waals surface area (Å²) in [5.74, 6) is 0.812. The van der Waals surface area contributed by atoms with E-state index in [0.717, 1.165) is 48.5 Å². The molecule has 1 fully saturated rings. The lowest BCUT2D eigenvalue weighted by Gasteiger charge is -2.31. The second kappa shape index (κ2) is 8.80. The van der Waals surface area contributed by atoms with Crippen molar-refractivity contribution >= 4 is 29.0 Å². The van der Waals surface area contributed by atoms with E-state index in [1.807, 2.05) is 52.4 Å². The summed E-state index contributed by atoms with van der Waals surface area (Å²) in [6.07, 6.45) is 4.53. The Labute approximate surface area is 178 Å². The van der Waals surface area contributed by atoms with E-state index in [0.29, 0.717) is 5.16 Å². The predicted octanol–water partition coefficient (Wildman–Crippen LogP) is 4.43. The Morgan fingerprint density at radius 3 is 2.66 bits per heavy atom. The lowest BCUT2D eigenvalue weighted by Crippen LogP contribution is -2.49. The van der Waals surface area contributed by atoms with Crippen LogP contribution in [-0.2, 0) is 4.79 Å². The standard InChI is InChI=1S/C21H21N5OS2/c22-15-21(11-5-2-6-12-21)23-18(27)14-29-20-25-24-19(17-10-7-13-28-17)26(20)16-8-3-1-4-9-16/h1,3-4,7-10,13H,2,5-6,11-12,14H2,(H,23,27). The molecule has 3 aromatic rings. The largest absolute Gasteiger partial charge is 0.337 e. The fourth-order valence-electron chi connectivity index (χ4n) is 3.59. The van der Waals surface area contributed by atoms with Crippen LogP contribution in [0.4, 0.5) is 0 Å². The summed E-state index contributed by atoms with van der Waals surface area (Å²) in [6.45, 7) is 0. The van der Waals surface area contributed by atoms with Gasteiger partial charge in [-0.15, -0.1) is 21.5 Å². The van der Waals surface area contributed by atoms with Crippen LogP contribution in [0.5, 0.6) is 0 Å². The van der Waals surface area contributed by atoms with Crippen molar-refractivity contribution in [1.29, 1.82) is 5.26 Å². The molecule has 1 aromatic carbocycles. The number of nitrogens with one attached hydrogen (secondary N) is 1. The molecule has 1 amide bonds. The molecule has 0 spiro atoms. The number of para-hydroxylation sites is 1. The number of thioether (sulfide) groups is 1. The molecule has 0 atom stereocenters. The van der Waals surface area contributed by atoms with Crippen LogP contribution in [0.1, 0.15) is 32.1 Å². The first-order chi connectivity index (χ1) is 14.2. The van der Waals surface area contributed by atoms with Gasteiger partial charge in [-0.2, -0.15) is 5.26 Å². The highest BCUT2D eigenvalue weighted by molar-refractivity contribution is 7.99. The zero-order chi connectivity index (χ0) is 20.1. The van der Waals surface area contributed by atoms with Crippen LogP contribution in [0.15, 0.2) is 53.0 Å². The quantitative estimate of drug-likeness (QED) is 0.593. The molecule has 1 saturated carbocycles. The van der Waals surface area contributed by atoms with Gasteiger partial charge in [0.1, 0.15) is 5.54 Å². The minimum Gasteiger partial charge on any atom is -0.337 e. The van der Waals surface area contributed by atoms with Crippen LogP contribution in [0, 0.1) is 11.3 Å². The van der Waals surface area contributed by atoms with Gasteiger partial charge in [0.25, 0.3) is 0 Å². The molecule has 1 aliphatic rings. The van der Waals surface area contributed by atoms with Crippen molar-refractivity contribution in [3.05, 3.63) is 47.8 Å². The van der Waals surface area contributed by atoms with Crippen molar-refractivity contribution in [3.8, 4) is 22.5 Å². The van der Waals surface area contributed by atoms with Crippen molar-refractivity contribution in [1.82, 2.24) is 20.1 Å². The first-order valence-electron chi connectivity index (χ1n) is 9.61. The van der Waals surface area contributed by atoms with E-state index in [1.165, 1.54) is 11.8 Å². The maximum absolute atomic E-state index is 12.6. The number of amides is 1. The number of rotatable bonds is 6. The van der Waals surface area contributed by atoms with Crippen molar-refractivity contribution < 1.29 is 4.79 Å². The third-order valence-corrected chi connectivity index (χ3v) is 6.82. The Hall–Kier alpha value is -2.63. The van der Waals surface area contributed by atoms with Gasteiger partial charge < -0.3 is 5.32 Å². The van der Waals surface area contributed by atoms with Crippen molar-refractivity contribution in [2.75, 3.05) is 5.75 Å². The van der Waals surface area contributed by atoms with E-state index in [1.54, 1.807) is 11.3 Å². The van der Waals surface area contributed by atoms with Gasteiger partial charge >= 0.3 is 0 Å². The molecule has 0 radical (unpaired) electrons. The highest BCUT2D eigenvalue weighted by atomic mass is 32.2. The smallest absolute Gasteiger partial charge is 0.231 e. The molecular formula is C21H21N5OS2. The summed E-state index contributed by atoms with van der Waals surface area (Å²) in [5.41, 5.74) is 0.232. The van der Waals surface area contributed by atoms with Crippen LogP contribution in [0.3, 0.4) is 0 Å². The first kappa shape index (κ1) is 19.7. The van der Waals surface area contributed by atoms with Gasteiger partial charge in [0.2, 0.25) is 5.91 Å². The molecule has 1 aliphatic carbocycles. The number of carbonyl (C=O) groups excluding carboxylic acids is 1. The minimum absolute atomic E-state index is 0.140. The zero-order valence-corrected chi connectivity index (χ0v) is 17.5. The number of nitrogens with zero attached hydrogens (tertiary/aromatic N) is 4. The molecule has 0 saturated heterocycles. The molecule has 4 rings (SSSR count). The van der Waals surface area contributed by atoms with Gasteiger partial charge in [0.05, 0.1) is 16.7 Å². The van der Waals surface area contributed by atoms with E-state index >= 15 is 0 Å². The summed E-state index contributed by atoms with van der Waals surface area (Å²) in [4.78, 5) is 13.6. The molecule has 2 aromatic heterocycles. The minimum atomic E-state index is -0.717. The highest BCUT2D eigenvalue weighted by Gasteiger charge is 2.33. The van der Waals surface area contributed by atoms with Gasteiger partial charge in [0, 0.05) is 5.69 Å². The molecule has 0 unspecified atom stereocenters. The van der Waals surface area contributed by atoms with E-state index < -0.39 is 5.54 Å².